The lowest BCUT2D eigenvalue weighted by Crippen LogP contribution is -2.21. The first-order valence-electron chi connectivity index (χ1n) is 9.13. The van der Waals surface area contributed by atoms with Gasteiger partial charge >= 0.3 is 0 Å². The summed E-state index contributed by atoms with van der Waals surface area (Å²) >= 11 is 0. The van der Waals surface area contributed by atoms with Gasteiger partial charge in [-0.1, -0.05) is 6.07 Å². The lowest BCUT2D eigenvalue weighted by Gasteiger charge is -2.10. The smallest absolute Gasteiger partial charge is 0.128 e. The second-order valence-electron chi connectivity index (χ2n) is 5.75. The third-order valence-corrected chi connectivity index (χ3v) is 3.54. The number of aromatic nitrogens is 1. The van der Waals surface area contributed by atoms with Crippen molar-refractivity contribution in [2.75, 3.05) is 63.0 Å². The van der Waals surface area contributed by atoms with Crippen LogP contribution in [0.3, 0.4) is 0 Å². The molecule has 0 aliphatic carbocycles. The second kappa shape index (κ2) is 15.1. The van der Waals surface area contributed by atoms with E-state index in [1.54, 1.807) is 0 Å². The number of nitrogens with zero attached hydrogens (tertiary/aromatic N) is 1. The molecule has 1 aromatic heterocycles. The average molecular weight is 338 g/mol. The van der Waals surface area contributed by atoms with Gasteiger partial charge in [-0.25, -0.2) is 4.98 Å². The first kappa shape index (κ1) is 20.6. The number of hydrogen-bond donors (Lipinski definition) is 6. The van der Waals surface area contributed by atoms with E-state index in [9.17, 15) is 0 Å². The van der Waals surface area contributed by atoms with Crippen molar-refractivity contribution in [1.82, 2.24) is 15.6 Å². The van der Waals surface area contributed by atoms with Crippen LogP contribution in [0.2, 0.25) is 0 Å². The molecule has 24 heavy (non-hydrogen) atoms. The van der Waals surface area contributed by atoms with Gasteiger partial charge in [0.25, 0.3) is 0 Å². The summed E-state index contributed by atoms with van der Waals surface area (Å²) in [6.45, 7) is 7.32. The largest absolute Gasteiger partial charge is 0.370 e. The fourth-order valence-electron chi connectivity index (χ4n) is 2.20. The minimum Gasteiger partial charge on any atom is -0.370 e. The molecule has 8 N–H and O–H groups in total. The fourth-order valence-corrected chi connectivity index (χ4v) is 2.20. The van der Waals surface area contributed by atoms with Gasteiger partial charge in [-0.3, -0.25) is 0 Å². The third-order valence-electron chi connectivity index (χ3n) is 3.54. The van der Waals surface area contributed by atoms with Gasteiger partial charge in [-0.05, 0) is 77.1 Å². The lowest BCUT2D eigenvalue weighted by molar-refractivity contribution is 0.636. The summed E-state index contributed by atoms with van der Waals surface area (Å²) < 4.78 is 0. The van der Waals surface area contributed by atoms with Crippen molar-refractivity contribution in [2.45, 2.75) is 25.7 Å². The molecule has 0 unspecified atom stereocenters. The summed E-state index contributed by atoms with van der Waals surface area (Å²) in [6.07, 6.45) is 4.20. The quantitative estimate of drug-likeness (QED) is 0.244. The van der Waals surface area contributed by atoms with Crippen LogP contribution in [0.25, 0.3) is 0 Å². The van der Waals surface area contributed by atoms with Crippen LogP contribution in [0, 0.1) is 0 Å². The molecule has 138 valence electrons. The molecule has 0 radical (unpaired) electrons. The summed E-state index contributed by atoms with van der Waals surface area (Å²) in [4.78, 5) is 4.57. The maximum absolute atomic E-state index is 5.46. The number of rotatable bonds is 16. The molecule has 0 aliphatic rings. The van der Waals surface area contributed by atoms with Gasteiger partial charge in [0, 0.05) is 13.1 Å². The van der Waals surface area contributed by atoms with E-state index in [1.807, 2.05) is 18.2 Å². The molecular formula is C17H35N7. The maximum atomic E-state index is 5.46. The Bertz CT molecular complexity index is 367. The standard InChI is InChI=1S/C17H35N7/c18-8-2-10-20-12-4-14-22-16-6-1-7-17(24-16)23-15-5-13-21-11-3-9-19/h1,6-7,20-21H,2-5,8-15,18-19H2,(H2,22,23,24). The van der Waals surface area contributed by atoms with Gasteiger partial charge in [0.15, 0.2) is 0 Å². The Balaban J connectivity index is 2.08. The minimum absolute atomic E-state index is 0.749. The SMILES string of the molecule is NCCCNCCCNc1cccc(NCCCNCCCN)n1. The van der Waals surface area contributed by atoms with Crippen LogP contribution in [0.4, 0.5) is 11.6 Å². The van der Waals surface area contributed by atoms with E-state index < -0.39 is 0 Å². The fraction of sp³-hybridized carbons (Fsp3) is 0.706. The highest BCUT2D eigenvalue weighted by Crippen LogP contribution is 2.08. The Morgan fingerprint density at radius 1 is 0.667 bits per heavy atom. The molecule has 1 heterocycles. The van der Waals surface area contributed by atoms with Crippen LogP contribution in [-0.2, 0) is 0 Å². The first-order valence-corrected chi connectivity index (χ1v) is 9.13. The molecule has 7 heteroatoms. The van der Waals surface area contributed by atoms with Gasteiger partial charge in [-0.2, -0.15) is 0 Å². The van der Waals surface area contributed by atoms with Crippen molar-refractivity contribution in [3.05, 3.63) is 18.2 Å². The van der Waals surface area contributed by atoms with Crippen LogP contribution in [0.15, 0.2) is 18.2 Å². The Morgan fingerprint density at radius 2 is 1.12 bits per heavy atom. The van der Waals surface area contributed by atoms with Gasteiger partial charge < -0.3 is 32.7 Å². The Labute approximate surface area is 146 Å². The zero-order valence-corrected chi connectivity index (χ0v) is 14.8. The number of anilines is 2. The predicted molar refractivity (Wildman–Crippen MR) is 104 cm³/mol. The zero-order valence-electron chi connectivity index (χ0n) is 14.8. The van der Waals surface area contributed by atoms with Crippen LogP contribution >= 0.6 is 0 Å². The number of pyridine rings is 1. The molecular weight excluding hydrogens is 302 g/mol. The monoisotopic (exact) mass is 337 g/mol. The summed E-state index contributed by atoms with van der Waals surface area (Å²) in [5, 5.41) is 13.5. The van der Waals surface area contributed by atoms with Crippen molar-refractivity contribution in [2.24, 2.45) is 11.5 Å². The van der Waals surface area contributed by atoms with E-state index in [0.717, 1.165) is 89.7 Å². The van der Waals surface area contributed by atoms with Crippen molar-refractivity contribution < 1.29 is 0 Å². The number of hydrogen-bond acceptors (Lipinski definition) is 7. The molecule has 0 fully saturated rings. The molecule has 7 nitrogen and oxygen atoms in total. The lowest BCUT2D eigenvalue weighted by atomic mass is 10.3. The van der Waals surface area contributed by atoms with Crippen molar-refractivity contribution >= 4 is 11.6 Å². The predicted octanol–water partition coefficient (Wildman–Crippen LogP) is 0.562. The van der Waals surface area contributed by atoms with E-state index in [1.165, 1.54) is 0 Å². The van der Waals surface area contributed by atoms with Gasteiger partial charge in [-0.15, -0.1) is 0 Å². The molecule has 0 amide bonds. The Hall–Kier alpha value is -1.41. The van der Waals surface area contributed by atoms with Crippen molar-refractivity contribution in [3.8, 4) is 0 Å². The van der Waals surface area contributed by atoms with Gasteiger partial charge in [0.1, 0.15) is 11.6 Å². The van der Waals surface area contributed by atoms with E-state index >= 15 is 0 Å². The van der Waals surface area contributed by atoms with Crippen LogP contribution in [0.5, 0.6) is 0 Å². The number of nitrogens with one attached hydrogen (secondary N) is 4. The van der Waals surface area contributed by atoms with Crippen LogP contribution in [-0.4, -0.2) is 57.3 Å². The second-order valence-corrected chi connectivity index (χ2v) is 5.75. The summed E-state index contributed by atoms with van der Waals surface area (Å²) in [7, 11) is 0. The molecule has 0 aromatic carbocycles. The number of nitrogens with two attached hydrogens (primary N) is 2. The summed E-state index contributed by atoms with van der Waals surface area (Å²) in [5.74, 6) is 1.84. The minimum atomic E-state index is 0.749. The highest BCUT2D eigenvalue weighted by atomic mass is 15.1. The first-order chi connectivity index (χ1) is 11.9. The van der Waals surface area contributed by atoms with Crippen molar-refractivity contribution in [1.29, 1.82) is 0 Å². The van der Waals surface area contributed by atoms with E-state index in [2.05, 4.69) is 26.3 Å². The highest BCUT2D eigenvalue weighted by molar-refractivity contribution is 5.44. The molecule has 0 aliphatic heterocycles. The van der Waals surface area contributed by atoms with E-state index in [4.69, 9.17) is 11.5 Å². The van der Waals surface area contributed by atoms with Crippen LogP contribution < -0.4 is 32.7 Å². The molecule has 1 aromatic rings. The summed E-state index contributed by atoms with van der Waals surface area (Å²) in [5.41, 5.74) is 10.9. The maximum Gasteiger partial charge on any atom is 0.128 e. The molecule has 0 saturated heterocycles. The van der Waals surface area contributed by atoms with Gasteiger partial charge in [0.2, 0.25) is 0 Å². The molecule has 0 spiro atoms. The zero-order chi connectivity index (χ0) is 17.3. The molecule has 0 atom stereocenters. The van der Waals surface area contributed by atoms with Crippen molar-refractivity contribution in [3.63, 3.8) is 0 Å². The Kier molecular flexibility index (Phi) is 13.0. The summed E-state index contributed by atoms with van der Waals surface area (Å²) in [6, 6.07) is 6.03. The molecule has 0 saturated carbocycles. The molecule has 0 bridgehead atoms. The van der Waals surface area contributed by atoms with E-state index in [-0.39, 0.29) is 0 Å². The van der Waals surface area contributed by atoms with Gasteiger partial charge in [0.05, 0.1) is 0 Å². The van der Waals surface area contributed by atoms with Crippen LogP contribution in [0.1, 0.15) is 25.7 Å². The normalized spacial score (nSPS) is 10.8. The average Bonchev–Trinajstić information content (AvgIpc) is 2.60. The topological polar surface area (TPSA) is 113 Å². The molecule has 1 rings (SSSR count). The highest BCUT2D eigenvalue weighted by Gasteiger charge is 1.97. The Morgan fingerprint density at radius 3 is 1.58 bits per heavy atom. The third kappa shape index (κ3) is 11.2. The van der Waals surface area contributed by atoms with E-state index in [0.29, 0.717) is 0 Å².